The van der Waals surface area contributed by atoms with Gasteiger partial charge in [-0.3, -0.25) is 0 Å². The average molecular weight is 220 g/mol. The van der Waals surface area contributed by atoms with Gasteiger partial charge in [0.05, 0.1) is 0 Å². The maximum absolute atomic E-state index is 11.0. The molecule has 0 aliphatic carbocycles. The highest BCUT2D eigenvalue weighted by molar-refractivity contribution is 7.21. The number of hydrogen-bond donors (Lipinski definition) is 1. The van der Waals surface area contributed by atoms with E-state index in [1.54, 1.807) is 0 Å². The molecule has 2 rings (SSSR count). The predicted octanol–water partition coefficient (Wildman–Crippen LogP) is 3.52. The molecule has 0 atom stereocenters. The van der Waals surface area contributed by atoms with Crippen LogP contribution in [0.2, 0.25) is 0 Å². The average Bonchev–Trinajstić information content (AvgIpc) is 2.44. The molecule has 0 aliphatic heterocycles. The first-order valence-electron chi connectivity index (χ1n) is 4.74. The van der Waals surface area contributed by atoms with Crippen LogP contribution in [-0.2, 0) is 0 Å². The van der Waals surface area contributed by atoms with Crippen molar-refractivity contribution < 1.29 is 9.90 Å². The Labute approximate surface area is 92.2 Å². The summed E-state index contributed by atoms with van der Waals surface area (Å²) in [5.74, 6) is -0.828. The van der Waals surface area contributed by atoms with Crippen molar-refractivity contribution in [2.45, 2.75) is 20.8 Å². The molecule has 0 unspecified atom stereocenters. The summed E-state index contributed by atoms with van der Waals surface area (Å²) in [6, 6.07) is 4.14. The maximum Gasteiger partial charge on any atom is 0.346 e. The third-order valence-electron chi connectivity index (χ3n) is 2.56. The number of benzene rings is 1. The Morgan fingerprint density at radius 3 is 2.53 bits per heavy atom. The van der Waals surface area contributed by atoms with Crippen molar-refractivity contribution in [2.75, 3.05) is 0 Å². The van der Waals surface area contributed by atoms with Crippen LogP contribution < -0.4 is 0 Å². The second kappa shape index (κ2) is 3.35. The number of aromatic carboxylic acids is 1. The maximum atomic E-state index is 11.0. The highest BCUT2D eigenvalue weighted by atomic mass is 32.1. The van der Waals surface area contributed by atoms with Gasteiger partial charge in [-0.25, -0.2) is 4.79 Å². The summed E-state index contributed by atoms with van der Waals surface area (Å²) in [4.78, 5) is 11.5. The monoisotopic (exact) mass is 220 g/mol. The molecule has 0 bridgehead atoms. The van der Waals surface area contributed by atoms with Crippen molar-refractivity contribution in [3.8, 4) is 0 Å². The van der Waals surface area contributed by atoms with Crippen molar-refractivity contribution in [2.24, 2.45) is 0 Å². The second-order valence-electron chi connectivity index (χ2n) is 3.82. The van der Waals surface area contributed by atoms with Crippen LogP contribution in [-0.4, -0.2) is 11.1 Å². The molecular weight excluding hydrogens is 208 g/mol. The van der Waals surface area contributed by atoms with Crippen LogP contribution in [0.3, 0.4) is 0 Å². The summed E-state index contributed by atoms with van der Waals surface area (Å²) in [6.45, 7) is 5.93. The Morgan fingerprint density at radius 2 is 1.93 bits per heavy atom. The minimum absolute atomic E-state index is 0.457. The Hall–Kier alpha value is -1.35. The number of rotatable bonds is 1. The molecule has 78 valence electrons. The van der Waals surface area contributed by atoms with E-state index >= 15 is 0 Å². The molecule has 0 saturated carbocycles. The van der Waals surface area contributed by atoms with Crippen LogP contribution >= 0.6 is 11.3 Å². The van der Waals surface area contributed by atoms with Gasteiger partial charge in [-0.1, -0.05) is 17.7 Å². The summed E-state index contributed by atoms with van der Waals surface area (Å²) in [6.07, 6.45) is 0. The molecule has 0 aliphatic rings. The number of fused-ring (bicyclic) bond motifs is 1. The first-order chi connectivity index (χ1) is 7.00. The van der Waals surface area contributed by atoms with Crippen LogP contribution in [0.25, 0.3) is 10.1 Å². The van der Waals surface area contributed by atoms with E-state index in [0.717, 1.165) is 21.2 Å². The summed E-state index contributed by atoms with van der Waals surface area (Å²) in [5.41, 5.74) is 3.22. The fraction of sp³-hybridized carbons (Fsp3) is 0.250. The fourth-order valence-electron chi connectivity index (χ4n) is 1.87. The summed E-state index contributed by atoms with van der Waals surface area (Å²) in [5, 5.41) is 10.1. The second-order valence-corrected chi connectivity index (χ2v) is 4.84. The van der Waals surface area contributed by atoms with Crippen molar-refractivity contribution >= 4 is 27.4 Å². The van der Waals surface area contributed by atoms with E-state index in [-0.39, 0.29) is 0 Å². The third kappa shape index (κ3) is 1.53. The van der Waals surface area contributed by atoms with Crippen molar-refractivity contribution in [1.82, 2.24) is 0 Å². The zero-order valence-electron chi connectivity index (χ0n) is 8.92. The largest absolute Gasteiger partial charge is 0.477 e. The quantitative estimate of drug-likeness (QED) is 0.798. The number of thiophene rings is 1. The lowest BCUT2D eigenvalue weighted by Gasteiger charge is -1.98. The first kappa shape index (κ1) is 10.2. The van der Waals surface area contributed by atoms with Gasteiger partial charge in [0.25, 0.3) is 0 Å². The Balaban J connectivity index is 2.88. The molecule has 1 N–H and O–H groups in total. The molecule has 1 aromatic heterocycles. The zero-order valence-corrected chi connectivity index (χ0v) is 9.73. The topological polar surface area (TPSA) is 37.3 Å². The highest BCUT2D eigenvalue weighted by Crippen LogP contribution is 2.33. The van der Waals surface area contributed by atoms with Gasteiger partial charge >= 0.3 is 5.97 Å². The van der Waals surface area contributed by atoms with Gasteiger partial charge in [0, 0.05) is 4.70 Å². The SMILES string of the molecule is Cc1cc(C)c2sc(C(=O)O)c(C)c2c1. The number of carboxylic acids is 1. The molecule has 15 heavy (non-hydrogen) atoms. The van der Waals surface area contributed by atoms with E-state index in [2.05, 4.69) is 12.1 Å². The van der Waals surface area contributed by atoms with Crippen LogP contribution in [0, 0.1) is 20.8 Å². The lowest BCUT2D eigenvalue weighted by atomic mass is 10.1. The van der Waals surface area contributed by atoms with E-state index in [1.807, 2.05) is 20.8 Å². The van der Waals surface area contributed by atoms with Crippen LogP contribution in [0.5, 0.6) is 0 Å². The van der Waals surface area contributed by atoms with Crippen molar-refractivity contribution in [3.63, 3.8) is 0 Å². The van der Waals surface area contributed by atoms with E-state index in [0.29, 0.717) is 4.88 Å². The molecule has 0 saturated heterocycles. The van der Waals surface area contributed by atoms with E-state index < -0.39 is 5.97 Å². The number of aryl methyl sites for hydroxylation is 3. The Bertz CT molecular complexity index is 552. The van der Waals surface area contributed by atoms with Gasteiger partial charge in [-0.05, 0) is 37.3 Å². The number of carbonyl (C=O) groups is 1. The molecular formula is C12H12O2S. The van der Waals surface area contributed by atoms with E-state index in [4.69, 9.17) is 5.11 Å². The normalized spacial score (nSPS) is 10.9. The predicted molar refractivity (Wildman–Crippen MR) is 63.0 cm³/mol. The zero-order chi connectivity index (χ0) is 11.2. The Morgan fingerprint density at radius 1 is 1.27 bits per heavy atom. The van der Waals surface area contributed by atoms with Gasteiger partial charge in [0.2, 0.25) is 0 Å². The smallest absolute Gasteiger partial charge is 0.346 e. The molecule has 0 spiro atoms. The van der Waals surface area contributed by atoms with Gasteiger partial charge in [0.1, 0.15) is 4.88 Å². The van der Waals surface area contributed by atoms with Gasteiger partial charge < -0.3 is 5.11 Å². The van der Waals surface area contributed by atoms with Gasteiger partial charge in [-0.15, -0.1) is 11.3 Å². The van der Waals surface area contributed by atoms with Crippen molar-refractivity contribution in [3.05, 3.63) is 33.7 Å². The number of carboxylic acid groups (broad SMARTS) is 1. The molecule has 0 fully saturated rings. The molecule has 2 aromatic rings. The minimum Gasteiger partial charge on any atom is -0.477 e. The highest BCUT2D eigenvalue weighted by Gasteiger charge is 2.15. The van der Waals surface area contributed by atoms with Crippen LogP contribution in [0.4, 0.5) is 0 Å². The fourth-order valence-corrected chi connectivity index (χ4v) is 2.97. The van der Waals surface area contributed by atoms with Gasteiger partial charge in [-0.2, -0.15) is 0 Å². The Kier molecular flexibility index (Phi) is 2.27. The molecule has 0 radical (unpaired) electrons. The molecule has 0 amide bonds. The van der Waals surface area contributed by atoms with E-state index in [9.17, 15) is 4.79 Å². The molecule has 2 nitrogen and oxygen atoms in total. The molecule has 1 aromatic carbocycles. The summed E-state index contributed by atoms with van der Waals surface area (Å²) >= 11 is 1.37. The lowest BCUT2D eigenvalue weighted by molar-refractivity contribution is 0.0701. The van der Waals surface area contributed by atoms with Crippen LogP contribution in [0.1, 0.15) is 26.4 Å². The van der Waals surface area contributed by atoms with E-state index in [1.165, 1.54) is 16.9 Å². The van der Waals surface area contributed by atoms with Gasteiger partial charge in [0.15, 0.2) is 0 Å². The lowest BCUT2D eigenvalue weighted by Crippen LogP contribution is -1.93. The minimum atomic E-state index is -0.828. The third-order valence-corrected chi connectivity index (χ3v) is 3.99. The summed E-state index contributed by atoms with van der Waals surface area (Å²) < 4.78 is 1.09. The molecule has 3 heteroatoms. The molecule has 1 heterocycles. The number of hydrogen-bond acceptors (Lipinski definition) is 2. The first-order valence-corrected chi connectivity index (χ1v) is 5.56. The van der Waals surface area contributed by atoms with Crippen molar-refractivity contribution in [1.29, 1.82) is 0 Å². The standard InChI is InChI=1S/C12H12O2S/c1-6-4-7(2)10-9(5-6)8(3)11(15-10)12(13)14/h4-5H,1-3H3,(H,13,14). The van der Waals surface area contributed by atoms with Crippen LogP contribution in [0.15, 0.2) is 12.1 Å². The summed E-state index contributed by atoms with van der Waals surface area (Å²) in [7, 11) is 0.